The van der Waals surface area contributed by atoms with Crippen molar-refractivity contribution in [3.63, 3.8) is 0 Å². The molecule has 3 nitrogen and oxygen atoms in total. The predicted octanol–water partition coefficient (Wildman–Crippen LogP) is 1.62. The first kappa shape index (κ1) is 13.4. The highest BCUT2D eigenvalue weighted by molar-refractivity contribution is 5.85. The molecule has 14 heavy (non-hydrogen) atoms. The van der Waals surface area contributed by atoms with Gasteiger partial charge in [0, 0.05) is 13.6 Å². The van der Waals surface area contributed by atoms with E-state index in [0.29, 0.717) is 12.3 Å². The molecule has 0 rings (SSSR count). The Labute approximate surface area is 87.6 Å². The van der Waals surface area contributed by atoms with Gasteiger partial charge in [-0.1, -0.05) is 27.2 Å². The molecule has 0 aromatic rings. The molecule has 1 amide bonds. The maximum Gasteiger partial charge on any atom is 0.242 e. The quantitative estimate of drug-likeness (QED) is 0.733. The molecule has 0 heterocycles. The molecule has 0 aliphatic heterocycles. The average Bonchev–Trinajstić information content (AvgIpc) is 2.16. The summed E-state index contributed by atoms with van der Waals surface area (Å²) < 4.78 is 0. The summed E-state index contributed by atoms with van der Waals surface area (Å²) in [4.78, 5) is 13.6. The van der Waals surface area contributed by atoms with E-state index >= 15 is 0 Å². The van der Waals surface area contributed by atoms with E-state index in [-0.39, 0.29) is 5.91 Å². The van der Waals surface area contributed by atoms with E-state index in [1.165, 1.54) is 0 Å². The maximum atomic E-state index is 11.8. The predicted molar refractivity (Wildman–Crippen MR) is 60.0 cm³/mol. The molecular weight excluding hydrogens is 176 g/mol. The van der Waals surface area contributed by atoms with Gasteiger partial charge in [0.15, 0.2) is 0 Å². The van der Waals surface area contributed by atoms with Crippen molar-refractivity contribution in [2.24, 2.45) is 11.7 Å². The molecule has 2 unspecified atom stereocenters. The number of amides is 1. The van der Waals surface area contributed by atoms with Gasteiger partial charge in [0.2, 0.25) is 5.91 Å². The van der Waals surface area contributed by atoms with Gasteiger partial charge < -0.3 is 10.6 Å². The van der Waals surface area contributed by atoms with Crippen LogP contribution >= 0.6 is 0 Å². The highest BCUT2D eigenvalue weighted by atomic mass is 16.2. The Bertz CT molecular complexity index is 190. The Morgan fingerprint density at radius 3 is 2.36 bits per heavy atom. The zero-order valence-electron chi connectivity index (χ0n) is 10.1. The van der Waals surface area contributed by atoms with Crippen molar-refractivity contribution in [2.75, 3.05) is 13.6 Å². The van der Waals surface area contributed by atoms with E-state index in [1.807, 2.05) is 14.0 Å². The van der Waals surface area contributed by atoms with Gasteiger partial charge in [-0.3, -0.25) is 4.79 Å². The molecule has 0 spiro atoms. The minimum absolute atomic E-state index is 0.0419. The standard InChI is InChI=1S/C11H24N2O/c1-6-9(3)8-13(5)10(14)11(4,12)7-2/h9H,6-8,12H2,1-5H3. The van der Waals surface area contributed by atoms with Crippen LogP contribution in [0.4, 0.5) is 0 Å². The fourth-order valence-electron chi connectivity index (χ4n) is 1.27. The zero-order chi connectivity index (χ0) is 11.4. The van der Waals surface area contributed by atoms with Gasteiger partial charge in [-0.2, -0.15) is 0 Å². The summed E-state index contributed by atoms with van der Waals surface area (Å²) in [5.74, 6) is 0.580. The molecule has 0 aromatic heterocycles. The van der Waals surface area contributed by atoms with Gasteiger partial charge in [0.25, 0.3) is 0 Å². The summed E-state index contributed by atoms with van der Waals surface area (Å²) in [7, 11) is 1.83. The molecule has 84 valence electrons. The minimum atomic E-state index is -0.706. The van der Waals surface area contributed by atoms with Crippen molar-refractivity contribution in [1.82, 2.24) is 4.90 Å². The molecule has 0 aromatic carbocycles. The Kier molecular flexibility index (Phi) is 5.13. The van der Waals surface area contributed by atoms with E-state index in [9.17, 15) is 4.79 Å². The number of rotatable bonds is 5. The highest BCUT2D eigenvalue weighted by Crippen LogP contribution is 2.11. The Hall–Kier alpha value is -0.570. The minimum Gasteiger partial charge on any atom is -0.344 e. The number of hydrogen-bond acceptors (Lipinski definition) is 2. The SMILES string of the molecule is CCC(C)CN(C)C(=O)C(C)(N)CC. The van der Waals surface area contributed by atoms with Crippen LogP contribution in [0.5, 0.6) is 0 Å². The van der Waals surface area contributed by atoms with Crippen molar-refractivity contribution >= 4 is 5.91 Å². The number of nitrogens with zero attached hydrogens (tertiary/aromatic N) is 1. The van der Waals surface area contributed by atoms with Crippen LogP contribution in [0, 0.1) is 5.92 Å². The van der Waals surface area contributed by atoms with Crippen molar-refractivity contribution < 1.29 is 4.79 Å². The van der Waals surface area contributed by atoms with E-state index < -0.39 is 5.54 Å². The van der Waals surface area contributed by atoms with E-state index in [1.54, 1.807) is 11.8 Å². The monoisotopic (exact) mass is 200 g/mol. The molecule has 0 aliphatic rings. The molecule has 3 heteroatoms. The molecule has 2 N–H and O–H groups in total. The zero-order valence-corrected chi connectivity index (χ0v) is 10.1. The van der Waals surface area contributed by atoms with Gasteiger partial charge >= 0.3 is 0 Å². The largest absolute Gasteiger partial charge is 0.344 e. The second-order valence-corrected chi connectivity index (χ2v) is 4.47. The first-order chi connectivity index (χ1) is 6.35. The molecule has 2 atom stereocenters. The van der Waals surface area contributed by atoms with Crippen LogP contribution in [0.3, 0.4) is 0 Å². The lowest BCUT2D eigenvalue weighted by Crippen LogP contribution is -2.52. The normalized spacial score (nSPS) is 17.3. The van der Waals surface area contributed by atoms with E-state index in [0.717, 1.165) is 13.0 Å². The van der Waals surface area contributed by atoms with Crippen LogP contribution in [-0.4, -0.2) is 29.9 Å². The molecule has 0 aliphatic carbocycles. The smallest absolute Gasteiger partial charge is 0.242 e. The molecule has 0 saturated carbocycles. The average molecular weight is 200 g/mol. The lowest BCUT2D eigenvalue weighted by molar-refractivity contribution is -0.135. The van der Waals surface area contributed by atoms with Gasteiger partial charge in [-0.15, -0.1) is 0 Å². The summed E-state index contributed by atoms with van der Waals surface area (Å²) >= 11 is 0. The van der Waals surface area contributed by atoms with Gasteiger partial charge in [0.05, 0.1) is 5.54 Å². The Balaban J connectivity index is 4.25. The van der Waals surface area contributed by atoms with Gasteiger partial charge in [-0.05, 0) is 19.3 Å². The van der Waals surface area contributed by atoms with Crippen LogP contribution in [0.25, 0.3) is 0 Å². The van der Waals surface area contributed by atoms with Gasteiger partial charge in [0.1, 0.15) is 0 Å². The molecule has 0 fully saturated rings. The van der Waals surface area contributed by atoms with E-state index in [2.05, 4.69) is 13.8 Å². The first-order valence-corrected chi connectivity index (χ1v) is 5.39. The summed E-state index contributed by atoms with van der Waals surface area (Å²) in [6.45, 7) is 8.80. The number of nitrogens with two attached hydrogens (primary N) is 1. The summed E-state index contributed by atoms with van der Waals surface area (Å²) in [5, 5.41) is 0. The maximum absolute atomic E-state index is 11.8. The lowest BCUT2D eigenvalue weighted by Gasteiger charge is -2.29. The molecule has 0 bridgehead atoms. The van der Waals surface area contributed by atoms with Gasteiger partial charge in [-0.25, -0.2) is 0 Å². The van der Waals surface area contributed by atoms with Crippen LogP contribution in [-0.2, 0) is 4.79 Å². The molecular formula is C11H24N2O. The number of hydrogen-bond donors (Lipinski definition) is 1. The van der Waals surface area contributed by atoms with Crippen molar-refractivity contribution in [2.45, 2.75) is 46.1 Å². The summed E-state index contributed by atoms with van der Waals surface area (Å²) in [6, 6.07) is 0. The Morgan fingerprint density at radius 1 is 1.50 bits per heavy atom. The van der Waals surface area contributed by atoms with Crippen LogP contribution in [0.1, 0.15) is 40.5 Å². The Morgan fingerprint density at radius 2 is 2.00 bits per heavy atom. The molecule has 0 radical (unpaired) electrons. The third-order valence-electron chi connectivity index (χ3n) is 2.85. The first-order valence-electron chi connectivity index (χ1n) is 5.39. The summed E-state index contributed by atoms with van der Waals surface area (Å²) in [6.07, 6.45) is 1.77. The van der Waals surface area contributed by atoms with Crippen molar-refractivity contribution in [3.05, 3.63) is 0 Å². The fourth-order valence-corrected chi connectivity index (χ4v) is 1.27. The number of carbonyl (C=O) groups is 1. The highest BCUT2D eigenvalue weighted by Gasteiger charge is 2.29. The second kappa shape index (κ2) is 5.35. The van der Waals surface area contributed by atoms with Crippen molar-refractivity contribution in [3.8, 4) is 0 Å². The summed E-state index contributed by atoms with van der Waals surface area (Å²) in [5.41, 5.74) is 5.18. The number of carbonyl (C=O) groups excluding carboxylic acids is 1. The third-order valence-corrected chi connectivity index (χ3v) is 2.85. The van der Waals surface area contributed by atoms with Crippen molar-refractivity contribution in [1.29, 1.82) is 0 Å². The van der Waals surface area contributed by atoms with Crippen LogP contribution < -0.4 is 5.73 Å². The topological polar surface area (TPSA) is 46.3 Å². The second-order valence-electron chi connectivity index (χ2n) is 4.47. The van der Waals surface area contributed by atoms with E-state index in [4.69, 9.17) is 5.73 Å². The third kappa shape index (κ3) is 3.66. The lowest BCUT2D eigenvalue weighted by atomic mass is 9.98. The number of likely N-dealkylation sites (N-methyl/N-ethyl adjacent to an activating group) is 1. The van der Waals surface area contributed by atoms with Crippen LogP contribution in [0.2, 0.25) is 0 Å². The molecule has 0 saturated heterocycles. The fraction of sp³-hybridized carbons (Fsp3) is 0.909. The van der Waals surface area contributed by atoms with Crippen LogP contribution in [0.15, 0.2) is 0 Å².